The van der Waals surface area contributed by atoms with Gasteiger partial charge in [0.2, 0.25) is 0 Å². The first-order chi connectivity index (χ1) is 17.4. The number of halogens is 3. The van der Waals surface area contributed by atoms with Gasteiger partial charge in [0.25, 0.3) is 0 Å². The van der Waals surface area contributed by atoms with Crippen molar-refractivity contribution in [1.29, 1.82) is 5.26 Å². The van der Waals surface area contributed by atoms with Crippen LogP contribution >= 0.6 is 11.3 Å². The van der Waals surface area contributed by atoms with E-state index in [1.807, 2.05) is 41.1 Å². The van der Waals surface area contributed by atoms with Gasteiger partial charge in [0.1, 0.15) is 11.5 Å². The molecule has 9 heteroatoms. The Hall–Kier alpha value is -3.48. The highest BCUT2D eigenvalue weighted by atomic mass is 32.1. The molecule has 4 aromatic rings. The number of alkyl halides is 3. The highest BCUT2D eigenvalue weighted by Gasteiger charge is 2.33. The Morgan fingerprint density at radius 2 is 1.97 bits per heavy atom. The minimum Gasteiger partial charge on any atom is -0.369 e. The lowest BCUT2D eigenvalue weighted by Crippen LogP contribution is -2.35. The zero-order valence-electron chi connectivity index (χ0n) is 19.4. The number of likely N-dealkylation sites (tertiary alicyclic amines) is 1. The highest BCUT2D eigenvalue weighted by molar-refractivity contribution is 7.08. The lowest BCUT2D eigenvalue weighted by Gasteiger charge is -2.32. The van der Waals surface area contributed by atoms with Crippen molar-refractivity contribution in [2.75, 3.05) is 25.0 Å². The molecular weight excluding hydrogens is 483 g/mol. The van der Waals surface area contributed by atoms with Gasteiger partial charge in [-0.3, -0.25) is 4.90 Å². The van der Waals surface area contributed by atoms with Crippen molar-refractivity contribution in [3.05, 3.63) is 76.2 Å². The van der Waals surface area contributed by atoms with Crippen LogP contribution in [0.3, 0.4) is 0 Å². The molecule has 1 N–H and O–H groups in total. The number of rotatable bonds is 6. The number of nitrogens with zero attached hydrogens (tertiary/aromatic N) is 4. The molecule has 1 aliphatic heterocycles. The zero-order chi connectivity index (χ0) is 25.1. The molecule has 0 amide bonds. The monoisotopic (exact) mass is 507 g/mol. The summed E-state index contributed by atoms with van der Waals surface area (Å²) in [6.07, 6.45) is -0.892. The van der Waals surface area contributed by atoms with Crippen molar-refractivity contribution in [2.45, 2.75) is 25.6 Å². The van der Waals surface area contributed by atoms with Gasteiger partial charge in [-0.2, -0.15) is 29.8 Å². The zero-order valence-corrected chi connectivity index (χ0v) is 20.2. The maximum Gasteiger partial charge on any atom is 0.433 e. The molecule has 184 valence electrons. The molecule has 0 bridgehead atoms. The third-order valence-electron chi connectivity index (χ3n) is 6.58. The summed E-state index contributed by atoms with van der Waals surface area (Å²) in [5.74, 6) is 0.989. The normalized spacial score (nSPS) is 15.2. The molecule has 1 saturated heterocycles. The number of hydrogen-bond donors (Lipinski definition) is 1. The molecule has 0 aliphatic carbocycles. The van der Waals surface area contributed by atoms with Gasteiger partial charge >= 0.3 is 6.18 Å². The number of pyridine rings is 2. The van der Waals surface area contributed by atoms with Crippen molar-refractivity contribution in [3.8, 4) is 17.2 Å². The minimum atomic E-state index is -4.51. The standard InChI is InChI=1S/C27H24F3N5S/c28-27(29,30)24-5-4-22-25(34-24)23(21-8-11-36-17-21)15-33-26(22)32-14-18-6-9-35(10-7-18)16-20-3-1-2-19(12-20)13-31/h1-5,8,11-12,15,17-18H,6-7,9-10,14,16H2,(H,32,33). The highest BCUT2D eigenvalue weighted by Crippen LogP contribution is 2.35. The van der Waals surface area contributed by atoms with Gasteiger partial charge in [0.05, 0.1) is 17.1 Å². The Kier molecular flexibility index (Phi) is 6.90. The van der Waals surface area contributed by atoms with Gasteiger partial charge < -0.3 is 5.32 Å². The number of benzene rings is 1. The number of thiophene rings is 1. The smallest absolute Gasteiger partial charge is 0.369 e. The first-order valence-electron chi connectivity index (χ1n) is 11.8. The Morgan fingerprint density at radius 3 is 2.69 bits per heavy atom. The van der Waals surface area contributed by atoms with Gasteiger partial charge in [-0.25, -0.2) is 9.97 Å². The predicted molar refractivity (Wildman–Crippen MR) is 136 cm³/mol. The number of nitrogens with one attached hydrogen (secondary N) is 1. The van der Waals surface area contributed by atoms with E-state index in [4.69, 9.17) is 5.26 Å². The first kappa shape index (κ1) is 24.2. The van der Waals surface area contributed by atoms with Gasteiger partial charge in [0, 0.05) is 30.2 Å². The van der Waals surface area contributed by atoms with E-state index < -0.39 is 11.9 Å². The van der Waals surface area contributed by atoms with Crippen LogP contribution < -0.4 is 5.32 Å². The third kappa shape index (κ3) is 5.35. The fraction of sp³-hybridized carbons (Fsp3) is 0.296. The lowest BCUT2D eigenvalue weighted by atomic mass is 9.96. The molecule has 0 radical (unpaired) electrons. The Morgan fingerprint density at radius 1 is 1.14 bits per heavy atom. The van der Waals surface area contributed by atoms with E-state index in [9.17, 15) is 13.2 Å². The summed E-state index contributed by atoms with van der Waals surface area (Å²) in [5.41, 5.74) is 2.61. The van der Waals surface area contributed by atoms with Crippen LogP contribution in [0.25, 0.3) is 22.0 Å². The largest absolute Gasteiger partial charge is 0.433 e. The van der Waals surface area contributed by atoms with E-state index in [-0.39, 0.29) is 0 Å². The van der Waals surface area contributed by atoms with E-state index in [0.29, 0.717) is 40.3 Å². The van der Waals surface area contributed by atoms with Crippen molar-refractivity contribution >= 4 is 28.1 Å². The predicted octanol–water partition coefficient (Wildman–Crippen LogP) is 6.57. The molecule has 3 aromatic heterocycles. The van der Waals surface area contributed by atoms with Crippen molar-refractivity contribution in [3.63, 3.8) is 0 Å². The van der Waals surface area contributed by atoms with Gasteiger partial charge in [-0.1, -0.05) is 12.1 Å². The summed E-state index contributed by atoms with van der Waals surface area (Å²) in [5, 5.41) is 16.8. The SMILES string of the molecule is N#Cc1cccc(CN2CCC(CNc3ncc(-c4ccsc4)c4nc(C(F)(F)F)ccc34)CC2)c1. The molecular formula is C27H24F3N5S. The fourth-order valence-corrected chi connectivity index (χ4v) is 5.29. The van der Waals surface area contributed by atoms with Crippen LogP contribution in [0.2, 0.25) is 0 Å². The van der Waals surface area contributed by atoms with Crippen LogP contribution in [0.5, 0.6) is 0 Å². The second kappa shape index (κ2) is 10.2. The summed E-state index contributed by atoms with van der Waals surface area (Å²) in [6, 6.07) is 14.2. The number of nitriles is 1. The van der Waals surface area contributed by atoms with E-state index in [2.05, 4.69) is 26.3 Å². The molecule has 0 spiro atoms. The first-order valence-corrected chi connectivity index (χ1v) is 12.7. The summed E-state index contributed by atoms with van der Waals surface area (Å²) in [7, 11) is 0. The summed E-state index contributed by atoms with van der Waals surface area (Å²) in [4.78, 5) is 10.9. The third-order valence-corrected chi connectivity index (χ3v) is 7.26. The molecule has 0 unspecified atom stereocenters. The minimum absolute atomic E-state index is 0.301. The van der Waals surface area contributed by atoms with Crippen molar-refractivity contribution in [1.82, 2.24) is 14.9 Å². The summed E-state index contributed by atoms with van der Waals surface area (Å²) < 4.78 is 40.1. The van der Waals surface area contributed by atoms with Gasteiger partial charge in [0.15, 0.2) is 0 Å². The van der Waals surface area contributed by atoms with E-state index in [0.717, 1.165) is 49.7 Å². The molecule has 1 fully saturated rings. The van der Waals surface area contributed by atoms with E-state index in [1.54, 1.807) is 6.20 Å². The molecule has 0 atom stereocenters. The Labute approximate surface area is 211 Å². The van der Waals surface area contributed by atoms with E-state index >= 15 is 0 Å². The van der Waals surface area contributed by atoms with Crippen LogP contribution in [0.15, 0.2) is 59.4 Å². The number of anilines is 1. The quantitative estimate of drug-likeness (QED) is 0.320. The lowest BCUT2D eigenvalue weighted by molar-refractivity contribution is -0.140. The molecule has 36 heavy (non-hydrogen) atoms. The Bertz CT molecular complexity index is 1390. The second-order valence-corrected chi connectivity index (χ2v) is 9.82. The maximum atomic E-state index is 13.4. The van der Waals surface area contributed by atoms with Crippen LogP contribution in [-0.2, 0) is 12.7 Å². The summed E-state index contributed by atoms with van der Waals surface area (Å²) >= 11 is 1.48. The average molecular weight is 508 g/mol. The average Bonchev–Trinajstić information content (AvgIpc) is 3.42. The maximum absolute atomic E-state index is 13.4. The number of fused-ring (bicyclic) bond motifs is 1. The topological polar surface area (TPSA) is 64.8 Å². The molecule has 0 saturated carbocycles. The molecule has 5 rings (SSSR count). The van der Waals surface area contributed by atoms with Crippen LogP contribution in [-0.4, -0.2) is 34.5 Å². The summed E-state index contributed by atoms with van der Waals surface area (Å²) in [6.45, 7) is 3.41. The van der Waals surface area contributed by atoms with Crippen molar-refractivity contribution < 1.29 is 13.2 Å². The van der Waals surface area contributed by atoms with Crippen molar-refractivity contribution in [2.24, 2.45) is 5.92 Å². The Balaban J connectivity index is 1.28. The molecule has 4 heterocycles. The van der Waals surface area contributed by atoms with Gasteiger partial charge in [-0.05, 0) is 84.1 Å². The molecule has 1 aromatic carbocycles. The molecule has 1 aliphatic rings. The number of aromatic nitrogens is 2. The van der Waals surface area contributed by atoms with Gasteiger partial charge in [-0.15, -0.1) is 0 Å². The molecule has 5 nitrogen and oxygen atoms in total. The van der Waals surface area contributed by atoms with Crippen LogP contribution in [0, 0.1) is 17.2 Å². The number of piperidine rings is 1. The number of hydrogen-bond acceptors (Lipinski definition) is 6. The van der Waals surface area contributed by atoms with Crippen LogP contribution in [0.4, 0.5) is 19.0 Å². The van der Waals surface area contributed by atoms with E-state index in [1.165, 1.54) is 17.4 Å². The fourth-order valence-electron chi connectivity index (χ4n) is 4.63. The van der Waals surface area contributed by atoms with Crippen LogP contribution in [0.1, 0.15) is 29.7 Å². The second-order valence-electron chi connectivity index (χ2n) is 9.04.